The molecular formula is C21H22N4O2S. The average molecular weight is 395 g/mol. The van der Waals surface area contributed by atoms with E-state index < -0.39 is 0 Å². The van der Waals surface area contributed by atoms with Gasteiger partial charge in [-0.15, -0.1) is 11.3 Å². The largest absolute Gasteiger partial charge is 0.321 e. The van der Waals surface area contributed by atoms with Gasteiger partial charge in [0.05, 0.1) is 17.0 Å². The standard InChI is InChI=1S/C21H22N4O2S/c1-11-12(2)24-25(4)21(27)17(11)20-22-13(3)18(28-20)19(26)23-16-9-7-15(8-10-16)14-5-6-14/h7-10,14H,5-6H2,1-4H3,(H,23,26). The molecule has 2 heterocycles. The van der Waals surface area contributed by atoms with Crippen molar-refractivity contribution in [3.05, 3.63) is 62.0 Å². The number of nitrogens with zero attached hydrogens (tertiary/aromatic N) is 3. The second-order valence-corrected chi connectivity index (χ2v) is 8.30. The van der Waals surface area contributed by atoms with Gasteiger partial charge in [-0.1, -0.05) is 12.1 Å². The number of aryl methyl sites for hydroxylation is 3. The molecule has 2 aromatic heterocycles. The minimum Gasteiger partial charge on any atom is -0.321 e. The van der Waals surface area contributed by atoms with Crippen molar-refractivity contribution in [2.75, 3.05) is 5.32 Å². The summed E-state index contributed by atoms with van der Waals surface area (Å²) in [5.41, 5.74) is 4.56. The lowest BCUT2D eigenvalue weighted by Crippen LogP contribution is -2.23. The van der Waals surface area contributed by atoms with Crippen LogP contribution in [0.4, 0.5) is 5.69 Å². The summed E-state index contributed by atoms with van der Waals surface area (Å²) in [5.74, 6) is 0.478. The molecule has 1 saturated carbocycles. The monoisotopic (exact) mass is 394 g/mol. The van der Waals surface area contributed by atoms with E-state index in [2.05, 4.69) is 27.5 Å². The third-order valence-electron chi connectivity index (χ3n) is 5.16. The molecule has 6 nitrogen and oxygen atoms in total. The van der Waals surface area contributed by atoms with Crippen LogP contribution < -0.4 is 10.9 Å². The maximum absolute atomic E-state index is 12.8. The molecule has 0 aliphatic heterocycles. The normalized spacial score (nSPS) is 13.6. The Kier molecular flexibility index (Phi) is 4.63. The zero-order chi connectivity index (χ0) is 20.0. The van der Waals surface area contributed by atoms with Crippen LogP contribution in [0.1, 0.15) is 50.9 Å². The van der Waals surface area contributed by atoms with E-state index in [0.717, 1.165) is 16.9 Å². The first-order valence-electron chi connectivity index (χ1n) is 9.28. The van der Waals surface area contributed by atoms with Crippen LogP contribution in [-0.4, -0.2) is 20.7 Å². The summed E-state index contributed by atoms with van der Waals surface area (Å²) in [6.45, 7) is 5.51. The highest BCUT2D eigenvalue weighted by atomic mass is 32.1. The molecule has 0 atom stereocenters. The number of carbonyl (C=O) groups is 1. The van der Waals surface area contributed by atoms with Gasteiger partial charge in [0.15, 0.2) is 0 Å². The predicted octanol–water partition coefficient (Wildman–Crippen LogP) is 3.96. The van der Waals surface area contributed by atoms with Gasteiger partial charge >= 0.3 is 0 Å². The van der Waals surface area contributed by atoms with Crippen LogP contribution in [0.15, 0.2) is 29.1 Å². The first kappa shape index (κ1) is 18.6. The molecule has 1 N–H and O–H groups in total. The number of amides is 1. The summed E-state index contributed by atoms with van der Waals surface area (Å²) in [5, 5.41) is 7.69. The molecule has 1 aliphatic rings. The van der Waals surface area contributed by atoms with Gasteiger partial charge in [0.25, 0.3) is 11.5 Å². The Bertz CT molecular complexity index is 1120. The van der Waals surface area contributed by atoms with E-state index in [1.807, 2.05) is 26.0 Å². The molecule has 0 unspecified atom stereocenters. The van der Waals surface area contributed by atoms with Gasteiger partial charge in [-0.3, -0.25) is 9.59 Å². The molecule has 0 spiro atoms. The maximum Gasteiger partial charge on any atom is 0.277 e. The zero-order valence-corrected chi connectivity index (χ0v) is 17.2. The average Bonchev–Trinajstić information content (AvgIpc) is 3.43. The van der Waals surface area contributed by atoms with Crippen LogP contribution in [0.5, 0.6) is 0 Å². The van der Waals surface area contributed by atoms with E-state index >= 15 is 0 Å². The molecule has 1 fully saturated rings. The molecule has 0 bridgehead atoms. The van der Waals surface area contributed by atoms with E-state index in [4.69, 9.17) is 0 Å². The van der Waals surface area contributed by atoms with Crippen molar-refractivity contribution in [2.24, 2.45) is 7.05 Å². The van der Waals surface area contributed by atoms with E-state index in [-0.39, 0.29) is 11.5 Å². The molecule has 0 radical (unpaired) electrons. The van der Waals surface area contributed by atoms with Crippen molar-refractivity contribution < 1.29 is 4.79 Å². The van der Waals surface area contributed by atoms with Gasteiger partial charge in [-0.2, -0.15) is 5.10 Å². The third kappa shape index (κ3) is 3.38. The topological polar surface area (TPSA) is 76.9 Å². The van der Waals surface area contributed by atoms with Crippen LogP contribution in [0.25, 0.3) is 10.6 Å². The first-order valence-corrected chi connectivity index (χ1v) is 10.1. The SMILES string of the molecule is Cc1nc(-c2c(C)c(C)nn(C)c2=O)sc1C(=O)Nc1ccc(C2CC2)cc1. The summed E-state index contributed by atoms with van der Waals surface area (Å²) in [6.07, 6.45) is 2.50. The predicted molar refractivity (Wildman–Crippen MR) is 111 cm³/mol. The molecule has 7 heteroatoms. The summed E-state index contributed by atoms with van der Waals surface area (Å²) in [6, 6.07) is 8.03. The number of carbonyl (C=O) groups excluding carboxylic acids is 1. The van der Waals surface area contributed by atoms with Crippen LogP contribution in [0.2, 0.25) is 0 Å². The highest BCUT2D eigenvalue weighted by molar-refractivity contribution is 7.17. The Hall–Kier alpha value is -2.80. The van der Waals surface area contributed by atoms with Crippen molar-refractivity contribution in [1.82, 2.24) is 14.8 Å². The molecule has 3 aromatic rings. The van der Waals surface area contributed by atoms with Crippen LogP contribution in [0, 0.1) is 20.8 Å². The number of nitrogens with one attached hydrogen (secondary N) is 1. The Balaban J connectivity index is 1.63. The molecule has 144 valence electrons. The van der Waals surface area contributed by atoms with Crippen molar-refractivity contribution >= 4 is 22.9 Å². The second kappa shape index (κ2) is 6.98. The molecule has 28 heavy (non-hydrogen) atoms. The minimum atomic E-state index is -0.209. The lowest BCUT2D eigenvalue weighted by molar-refractivity contribution is 0.103. The number of hydrogen-bond donors (Lipinski definition) is 1. The Labute approximate surface area is 167 Å². The van der Waals surface area contributed by atoms with E-state index in [0.29, 0.717) is 27.1 Å². The molecule has 1 aliphatic carbocycles. The summed E-state index contributed by atoms with van der Waals surface area (Å²) in [4.78, 5) is 30.4. The molecule has 1 aromatic carbocycles. The number of anilines is 1. The molecule has 0 saturated heterocycles. The van der Waals surface area contributed by atoms with Crippen LogP contribution in [0.3, 0.4) is 0 Å². The fourth-order valence-electron chi connectivity index (χ4n) is 3.26. The first-order chi connectivity index (χ1) is 13.3. The third-order valence-corrected chi connectivity index (χ3v) is 6.33. The van der Waals surface area contributed by atoms with Gasteiger partial charge < -0.3 is 5.32 Å². The van der Waals surface area contributed by atoms with E-state index in [1.165, 1.54) is 34.4 Å². The zero-order valence-electron chi connectivity index (χ0n) is 16.4. The lowest BCUT2D eigenvalue weighted by atomic mass is 10.1. The van der Waals surface area contributed by atoms with E-state index in [1.54, 1.807) is 14.0 Å². The van der Waals surface area contributed by atoms with Crippen molar-refractivity contribution in [2.45, 2.75) is 39.5 Å². The van der Waals surface area contributed by atoms with Crippen LogP contribution >= 0.6 is 11.3 Å². The number of benzene rings is 1. The highest BCUT2D eigenvalue weighted by Crippen LogP contribution is 2.40. The lowest BCUT2D eigenvalue weighted by Gasteiger charge is -2.07. The molecule has 1 amide bonds. The Morgan fingerprint density at radius 3 is 2.46 bits per heavy atom. The highest BCUT2D eigenvalue weighted by Gasteiger charge is 2.24. The maximum atomic E-state index is 12.8. The Morgan fingerprint density at radius 2 is 1.82 bits per heavy atom. The second-order valence-electron chi connectivity index (χ2n) is 7.30. The van der Waals surface area contributed by atoms with Gasteiger partial charge in [-0.05, 0) is 62.8 Å². The number of rotatable bonds is 4. The van der Waals surface area contributed by atoms with Gasteiger partial charge in [0.1, 0.15) is 9.88 Å². The fraction of sp³-hybridized carbons (Fsp3) is 0.333. The van der Waals surface area contributed by atoms with Gasteiger partial charge in [0, 0.05) is 12.7 Å². The summed E-state index contributed by atoms with van der Waals surface area (Å²) < 4.78 is 1.32. The van der Waals surface area contributed by atoms with Crippen LogP contribution in [-0.2, 0) is 7.05 Å². The quantitative estimate of drug-likeness (QED) is 0.727. The van der Waals surface area contributed by atoms with Crippen molar-refractivity contribution in [3.8, 4) is 10.6 Å². The van der Waals surface area contributed by atoms with Crippen molar-refractivity contribution in [3.63, 3.8) is 0 Å². The summed E-state index contributed by atoms with van der Waals surface area (Å²) in [7, 11) is 1.62. The minimum absolute atomic E-state index is 0.208. The van der Waals surface area contributed by atoms with Crippen molar-refractivity contribution in [1.29, 1.82) is 0 Å². The smallest absolute Gasteiger partial charge is 0.277 e. The molecular weight excluding hydrogens is 372 g/mol. The van der Waals surface area contributed by atoms with E-state index in [9.17, 15) is 9.59 Å². The van der Waals surface area contributed by atoms with Gasteiger partial charge in [-0.25, -0.2) is 9.67 Å². The van der Waals surface area contributed by atoms with Gasteiger partial charge in [0.2, 0.25) is 0 Å². The summed E-state index contributed by atoms with van der Waals surface area (Å²) >= 11 is 1.24. The number of aromatic nitrogens is 3. The fourth-order valence-corrected chi connectivity index (χ4v) is 4.31. The number of thiazole rings is 1. The Morgan fingerprint density at radius 1 is 1.14 bits per heavy atom. The molecule has 4 rings (SSSR count). The number of hydrogen-bond acceptors (Lipinski definition) is 5.